The lowest BCUT2D eigenvalue weighted by atomic mass is 9.35. The molecule has 2 bridgehead atoms. The van der Waals surface area contributed by atoms with Gasteiger partial charge in [-0.15, -0.1) is 0 Å². The standard InChI is InChI=1S/C12H16N2O3/c1-10(2,3)8-13-7(14-17-8)11-4-12(5-11,6-11)9(15)16/h4-6H2,1-3H3,(H,15,16). The second-order valence-corrected chi connectivity index (χ2v) is 6.57. The highest BCUT2D eigenvalue weighted by Gasteiger charge is 2.74. The van der Waals surface area contributed by atoms with Crippen molar-refractivity contribution >= 4 is 5.97 Å². The summed E-state index contributed by atoms with van der Waals surface area (Å²) in [5.41, 5.74) is -0.743. The van der Waals surface area contributed by atoms with Gasteiger partial charge in [-0.2, -0.15) is 4.98 Å². The third-order valence-electron chi connectivity index (χ3n) is 4.03. The molecule has 5 heteroatoms. The van der Waals surface area contributed by atoms with Crippen molar-refractivity contribution in [1.29, 1.82) is 0 Å². The molecular weight excluding hydrogens is 220 g/mol. The normalized spacial score (nSPS) is 35.0. The van der Waals surface area contributed by atoms with Gasteiger partial charge in [-0.3, -0.25) is 4.79 Å². The van der Waals surface area contributed by atoms with E-state index < -0.39 is 11.4 Å². The van der Waals surface area contributed by atoms with Crippen molar-refractivity contribution in [2.24, 2.45) is 5.41 Å². The highest BCUT2D eigenvalue weighted by Crippen LogP contribution is 2.73. The first-order chi connectivity index (χ1) is 7.78. The number of carboxylic acid groups (broad SMARTS) is 1. The molecule has 0 aliphatic heterocycles. The molecule has 0 unspecified atom stereocenters. The first-order valence-corrected chi connectivity index (χ1v) is 5.86. The molecule has 3 aliphatic rings. The fourth-order valence-corrected chi connectivity index (χ4v) is 3.00. The average molecular weight is 236 g/mol. The van der Waals surface area contributed by atoms with E-state index in [1.54, 1.807) is 0 Å². The first-order valence-electron chi connectivity index (χ1n) is 5.86. The Labute approximate surface area is 99.2 Å². The predicted molar refractivity (Wildman–Crippen MR) is 58.6 cm³/mol. The third kappa shape index (κ3) is 1.22. The fourth-order valence-electron chi connectivity index (χ4n) is 3.00. The van der Waals surface area contributed by atoms with Crippen LogP contribution >= 0.6 is 0 Å². The van der Waals surface area contributed by atoms with E-state index in [-0.39, 0.29) is 10.8 Å². The van der Waals surface area contributed by atoms with E-state index in [2.05, 4.69) is 10.1 Å². The molecule has 1 aromatic rings. The van der Waals surface area contributed by atoms with Gasteiger partial charge in [0.1, 0.15) is 0 Å². The molecule has 3 fully saturated rings. The highest BCUT2D eigenvalue weighted by atomic mass is 16.5. The lowest BCUT2D eigenvalue weighted by Crippen LogP contribution is -2.68. The molecule has 0 aromatic carbocycles. The smallest absolute Gasteiger partial charge is 0.309 e. The topological polar surface area (TPSA) is 76.2 Å². The lowest BCUT2D eigenvalue weighted by molar-refractivity contribution is -0.196. The van der Waals surface area contributed by atoms with E-state index in [1.807, 2.05) is 20.8 Å². The summed E-state index contributed by atoms with van der Waals surface area (Å²) in [6, 6.07) is 0. The lowest BCUT2D eigenvalue weighted by Gasteiger charge is -2.66. The fraction of sp³-hybridized carbons (Fsp3) is 0.750. The molecule has 1 aromatic heterocycles. The summed E-state index contributed by atoms with van der Waals surface area (Å²) < 4.78 is 5.26. The molecule has 0 atom stereocenters. The summed E-state index contributed by atoms with van der Waals surface area (Å²) in [5, 5.41) is 13.1. The minimum absolute atomic E-state index is 0.106. The molecule has 3 saturated carbocycles. The van der Waals surface area contributed by atoms with E-state index in [0.717, 1.165) is 0 Å². The molecular formula is C12H16N2O3. The summed E-state index contributed by atoms with van der Waals surface area (Å²) in [7, 11) is 0. The maximum Gasteiger partial charge on any atom is 0.309 e. The van der Waals surface area contributed by atoms with Crippen LogP contribution in [0.4, 0.5) is 0 Å². The Morgan fingerprint density at radius 2 is 1.94 bits per heavy atom. The molecule has 4 rings (SSSR count). The number of carboxylic acids is 1. The Balaban J connectivity index is 1.81. The zero-order valence-corrected chi connectivity index (χ0v) is 10.3. The molecule has 0 radical (unpaired) electrons. The van der Waals surface area contributed by atoms with E-state index in [1.165, 1.54) is 0 Å². The van der Waals surface area contributed by atoms with Gasteiger partial charge in [0.15, 0.2) is 5.82 Å². The summed E-state index contributed by atoms with van der Waals surface area (Å²) in [6.45, 7) is 6.06. The van der Waals surface area contributed by atoms with Gasteiger partial charge in [0, 0.05) is 10.8 Å². The molecule has 0 spiro atoms. The maximum atomic E-state index is 11.0. The summed E-state index contributed by atoms with van der Waals surface area (Å²) in [6.07, 6.45) is 2.00. The van der Waals surface area contributed by atoms with Crippen molar-refractivity contribution in [3.8, 4) is 0 Å². The number of aromatic nitrogens is 2. The highest BCUT2D eigenvalue weighted by molar-refractivity contribution is 5.80. The number of nitrogens with zero attached hydrogens (tertiary/aromatic N) is 2. The van der Waals surface area contributed by atoms with Gasteiger partial charge < -0.3 is 9.63 Å². The first kappa shape index (κ1) is 10.7. The van der Waals surface area contributed by atoms with Crippen LogP contribution in [0.3, 0.4) is 0 Å². The van der Waals surface area contributed by atoms with Crippen LogP contribution in [-0.2, 0) is 15.6 Å². The largest absolute Gasteiger partial charge is 0.481 e. The van der Waals surface area contributed by atoms with Crippen molar-refractivity contribution in [1.82, 2.24) is 10.1 Å². The van der Waals surface area contributed by atoms with Crippen LogP contribution in [0, 0.1) is 5.41 Å². The summed E-state index contributed by atoms with van der Waals surface area (Å²) >= 11 is 0. The maximum absolute atomic E-state index is 11.0. The van der Waals surface area contributed by atoms with Crippen LogP contribution in [0.2, 0.25) is 0 Å². The van der Waals surface area contributed by atoms with Gasteiger partial charge in [0.25, 0.3) is 0 Å². The number of rotatable bonds is 2. The van der Waals surface area contributed by atoms with Crippen LogP contribution in [-0.4, -0.2) is 21.2 Å². The predicted octanol–water partition coefficient (Wildman–Crippen LogP) is 1.87. The second kappa shape index (κ2) is 2.71. The number of hydrogen-bond donors (Lipinski definition) is 1. The van der Waals surface area contributed by atoms with Crippen LogP contribution in [0.15, 0.2) is 4.52 Å². The van der Waals surface area contributed by atoms with Gasteiger partial charge in [-0.1, -0.05) is 25.9 Å². The zero-order chi connectivity index (χ0) is 12.5. The quantitative estimate of drug-likeness (QED) is 0.848. The van der Waals surface area contributed by atoms with Crippen molar-refractivity contribution < 1.29 is 14.4 Å². The molecule has 1 heterocycles. The molecule has 0 saturated heterocycles. The number of carbonyl (C=O) groups is 1. The van der Waals surface area contributed by atoms with Crippen LogP contribution in [0.25, 0.3) is 0 Å². The van der Waals surface area contributed by atoms with E-state index in [4.69, 9.17) is 9.63 Å². The molecule has 3 aliphatic carbocycles. The van der Waals surface area contributed by atoms with Crippen molar-refractivity contribution in [2.45, 2.75) is 50.9 Å². The third-order valence-corrected chi connectivity index (χ3v) is 4.03. The monoisotopic (exact) mass is 236 g/mol. The van der Waals surface area contributed by atoms with Gasteiger partial charge in [-0.05, 0) is 19.3 Å². The van der Waals surface area contributed by atoms with Crippen molar-refractivity contribution in [3.63, 3.8) is 0 Å². The Kier molecular flexibility index (Phi) is 1.71. The Morgan fingerprint density at radius 3 is 2.35 bits per heavy atom. The van der Waals surface area contributed by atoms with Crippen LogP contribution in [0.1, 0.15) is 51.7 Å². The van der Waals surface area contributed by atoms with Crippen molar-refractivity contribution in [3.05, 3.63) is 11.7 Å². The molecule has 5 nitrogen and oxygen atoms in total. The van der Waals surface area contributed by atoms with Gasteiger partial charge in [0.05, 0.1) is 5.41 Å². The Morgan fingerprint density at radius 1 is 1.35 bits per heavy atom. The number of hydrogen-bond acceptors (Lipinski definition) is 4. The van der Waals surface area contributed by atoms with Crippen LogP contribution in [0.5, 0.6) is 0 Å². The zero-order valence-electron chi connectivity index (χ0n) is 10.3. The van der Waals surface area contributed by atoms with E-state index >= 15 is 0 Å². The second-order valence-electron chi connectivity index (χ2n) is 6.57. The Hall–Kier alpha value is -1.39. The van der Waals surface area contributed by atoms with E-state index in [9.17, 15) is 4.79 Å². The Bertz CT molecular complexity index is 478. The van der Waals surface area contributed by atoms with Gasteiger partial charge >= 0.3 is 5.97 Å². The molecule has 92 valence electrons. The van der Waals surface area contributed by atoms with Gasteiger partial charge in [0.2, 0.25) is 5.89 Å². The minimum Gasteiger partial charge on any atom is -0.481 e. The molecule has 17 heavy (non-hydrogen) atoms. The van der Waals surface area contributed by atoms with Gasteiger partial charge in [-0.25, -0.2) is 0 Å². The average Bonchev–Trinajstić information content (AvgIpc) is 2.45. The van der Waals surface area contributed by atoms with Crippen molar-refractivity contribution in [2.75, 3.05) is 0 Å². The summed E-state index contributed by atoms with van der Waals surface area (Å²) in [4.78, 5) is 15.4. The molecule has 1 N–H and O–H groups in total. The van der Waals surface area contributed by atoms with Crippen LogP contribution < -0.4 is 0 Å². The minimum atomic E-state index is -0.682. The van der Waals surface area contributed by atoms with E-state index in [0.29, 0.717) is 31.0 Å². The SMILES string of the molecule is CC(C)(C)c1nc(C23CC(C(=O)O)(C2)C3)no1. The number of aliphatic carboxylic acids is 1. The summed E-state index contributed by atoms with van der Waals surface area (Å²) in [5.74, 6) is 0.645. The molecule has 0 amide bonds.